The highest BCUT2D eigenvalue weighted by Crippen LogP contribution is 2.29. The predicted octanol–water partition coefficient (Wildman–Crippen LogP) is 4.64. The first kappa shape index (κ1) is 16.6. The maximum atomic E-state index is 13.5. The van der Waals surface area contributed by atoms with Crippen LogP contribution < -0.4 is 5.73 Å². The molecule has 116 valence electrons. The van der Waals surface area contributed by atoms with Crippen molar-refractivity contribution in [1.82, 2.24) is 4.98 Å². The lowest BCUT2D eigenvalue weighted by Crippen LogP contribution is -2.12. The van der Waals surface area contributed by atoms with Crippen molar-refractivity contribution in [3.63, 3.8) is 0 Å². The number of carbonyl (C=O) groups is 1. The molecule has 1 atom stereocenters. The molecule has 0 aliphatic carbocycles. The summed E-state index contributed by atoms with van der Waals surface area (Å²) in [5.74, 6) is -0.468. The summed E-state index contributed by atoms with van der Waals surface area (Å²) >= 11 is 3.25. The number of ketones is 1. The van der Waals surface area contributed by atoms with Gasteiger partial charge in [-0.15, -0.1) is 0 Å². The Labute approximate surface area is 137 Å². The smallest absolute Gasteiger partial charge is 0.183 e. The molecule has 0 spiro atoms. The highest BCUT2D eigenvalue weighted by Gasteiger charge is 2.20. The van der Waals surface area contributed by atoms with Crippen LogP contribution in [-0.4, -0.2) is 10.8 Å². The van der Waals surface area contributed by atoms with E-state index in [1.165, 1.54) is 12.1 Å². The van der Waals surface area contributed by atoms with Gasteiger partial charge in [0, 0.05) is 6.42 Å². The van der Waals surface area contributed by atoms with E-state index in [2.05, 4.69) is 20.9 Å². The largest absolute Gasteiger partial charge is 0.397 e. The second kappa shape index (κ2) is 7.01. The number of nitrogens with two attached hydrogens (primary N) is 1. The van der Waals surface area contributed by atoms with Gasteiger partial charge < -0.3 is 5.73 Å². The molecule has 1 aromatic heterocycles. The molecule has 0 bridgehead atoms. The lowest BCUT2D eigenvalue weighted by atomic mass is 9.87. The van der Waals surface area contributed by atoms with Crippen molar-refractivity contribution in [3.8, 4) is 0 Å². The van der Waals surface area contributed by atoms with Crippen LogP contribution >= 0.6 is 15.9 Å². The topological polar surface area (TPSA) is 56.0 Å². The molecule has 2 rings (SSSR count). The summed E-state index contributed by atoms with van der Waals surface area (Å²) in [6, 6.07) is 8.03. The van der Waals surface area contributed by atoms with Gasteiger partial charge in [0.25, 0.3) is 0 Å². The Bertz CT molecular complexity index is 703. The van der Waals surface area contributed by atoms with E-state index in [0.29, 0.717) is 10.3 Å². The zero-order valence-corrected chi connectivity index (χ0v) is 14.2. The standard InChI is InChI=1S/C17H18BrFN2O/c1-3-11(13-9-12(19)5-4-10(13)2)8-15(22)17-14(20)6-7-16(18)21-17/h4-7,9,11H,3,8,20H2,1-2H3. The summed E-state index contributed by atoms with van der Waals surface area (Å²) in [6.07, 6.45) is 0.998. The summed E-state index contributed by atoms with van der Waals surface area (Å²) in [6.45, 7) is 3.91. The predicted molar refractivity (Wildman–Crippen MR) is 89.5 cm³/mol. The van der Waals surface area contributed by atoms with Crippen molar-refractivity contribution < 1.29 is 9.18 Å². The quantitative estimate of drug-likeness (QED) is 0.620. The van der Waals surface area contributed by atoms with Gasteiger partial charge in [0.2, 0.25) is 0 Å². The fraction of sp³-hybridized carbons (Fsp3) is 0.294. The van der Waals surface area contributed by atoms with Crippen molar-refractivity contribution in [2.45, 2.75) is 32.6 Å². The van der Waals surface area contributed by atoms with Gasteiger partial charge in [0.15, 0.2) is 5.78 Å². The summed E-state index contributed by atoms with van der Waals surface area (Å²) in [4.78, 5) is 16.7. The number of halogens is 2. The zero-order chi connectivity index (χ0) is 16.3. The fourth-order valence-corrected chi connectivity index (χ4v) is 2.82. The van der Waals surface area contributed by atoms with E-state index in [4.69, 9.17) is 5.73 Å². The summed E-state index contributed by atoms with van der Waals surface area (Å²) in [5, 5.41) is 0. The molecule has 2 N–H and O–H groups in total. The van der Waals surface area contributed by atoms with Crippen molar-refractivity contribution >= 4 is 27.4 Å². The highest BCUT2D eigenvalue weighted by molar-refractivity contribution is 9.10. The zero-order valence-electron chi connectivity index (χ0n) is 12.6. The Hall–Kier alpha value is -1.75. The van der Waals surface area contributed by atoms with E-state index >= 15 is 0 Å². The van der Waals surface area contributed by atoms with Crippen LogP contribution in [0.3, 0.4) is 0 Å². The Morgan fingerprint density at radius 3 is 2.77 bits per heavy atom. The monoisotopic (exact) mass is 364 g/mol. The van der Waals surface area contributed by atoms with Gasteiger partial charge in [0.1, 0.15) is 16.1 Å². The number of aryl methyl sites for hydroxylation is 1. The fourth-order valence-electron chi connectivity index (χ4n) is 2.52. The van der Waals surface area contributed by atoms with Gasteiger partial charge >= 0.3 is 0 Å². The van der Waals surface area contributed by atoms with E-state index in [0.717, 1.165) is 17.5 Å². The Balaban J connectivity index is 2.28. The first-order chi connectivity index (χ1) is 10.4. The van der Waals surface area contributed by atoms with Gasteiger partial charge in [-0.2, -0.15) is 0 Å². The number of hydrogen-bond donors (Lipinski definition) is 1. The molecule has 5 heteroatoms. The minimum Gasteiger partial charge on any atom is -0.397 e. The van der Waals surface area contributed by atoms with Gasteiger partial charge in [0.05, 0.1) is 5.69 Å². The van der Waals surface area contributed by atoms with Gasteiger partial charge in [-0.25, -0.2) is 9.37 Å². The average molecular weight is 365 g/mol. The Kier molecular flexibility index (Phi) is 5.29. The number of aromatic nitrogens is 1. The SMILES string of the molecule is CCC(CC(=O)c1nc(Br)ccc1N)c1cc(F)ccc1C. The molecular formula is C17H18BrFN2O. The maximum Gasteiger partial charge on any atom is 0.183 e. The van der Waals surface area contributed by atoms with Crippen LogP contribution in [0.4, 0.5) is 10.1 Å². The first-order valence-electron chi connectivity index (χ1n) is 7.13. The third kappa shape index (κ3) is 3.71. The highest BCUT2D eigenvalue weighted by atomic mass is 79.9. The molecule has 1 unspecified atom stereocenters. The third-order valence-electron chi connectivity index (χ3n) is 3.76. The number of anilines is 1. The van der Waals surface area contributed by atoms with Crippen LogP contribution in [0.1, 0.15) is 47.3 Å². The Morgan fingerprint density at radius 2 is 2.09 bits per heavy atom. The number of benzene rings is 1. The average Bonchev–Trinajstić information content (AvgIpc) is 2.49. The molecular weight excluding hydrogens is 347 g/mol. The lowest BCUT2D eigenvalue weighted by molar-refractivity contribution is 0.0968. The van der Waals surface area contributed by atoms with Crippen molar-refractivity contribution in [2.24, 2.45) is 0 Å². The molecule has 1 heterocycles. The number of rotatable bonds is 5. The number of nitrogen functional groups attached to an aromatic ring is 1. The molecule has 2 aromatic rings. The lowest BCUT2D eigenvalue weighted by Gasteiger charge is -2.17. The molecule has 0 fully saturated rings. The number of pyridine rings is 1. The minimum absolute atomic E-state index is 0.0524. The van der Waals surface area contributed by atoms with E-state index < -0.39 is 0 Å². The van der Waals surface area contributed by atoms with E-state index in [1.807, 2.05) is 13.8 Å². The van der Waals surface area contributed by atoms with E-state index in [9.17, 15) is 9.18 Å². The van der Waals surface area contributed by atoms with Crippen LogP contribution in [0, 0.1) is 12.7 Å². The normalized spacial score (nSPS) is 12.2. The van der Waals surface area contributed by atoms with Crippen LogP contribution in [0.15, 0.2) is 34.9 Å². The molecule has 1 aromatic carbocycles. The molecule has 0 saturated heterocycles. The van der Waals surface area contributed by atoms with Crippen LogP contribution in [0.5, 0.6) is 0 Å². The number of carbonyl (C=O) groups excluding carboxylic acids is 1. The van der Waals surface area contributed by atoms with Gasteiger partial charge in [-0.05, 0) is 70.6 Å². The molecule has 22 heavy (non-hydrogen) atoms. The van der Waals surface area contributed by atoms with Crippen molar-refractivity contribution in [1.29, 1.82) is 0 Å². The van der Waals surface area contributed by atoms with Crippen molar-refractivity contribution in [2.75, 3.05) is 5.73 Å². The van der Waals surface area contributed by atoms with Crippen molar-refractivity contribution in [3.05, 3.63) is 57.6 Å². The second-order valence-corrected chi connectivity index (χ2v) is 6.12. The number of nitrogens with zero attached hydrogens (tertiary/aromatic N) is 1. The molecule has 0 saturated carbocycles. The summed E-state index contributed by atoms with van der Waals surface area (Å²) in [5.41, 5.74) is 8.31. The minimum atomic E-state index is -0.286. The van der Waals surface area contributed by atoms with E-state index in [1.54, 1.807) is 18.2 Å². The van der Waals surface area contributed by atoms with Gasteiger partial charge in [-0.3, -0.25) is 4.79 Å². The summed E-state index contributed by atoms with van der Waals surface area (Å²) in [7, 11) is 0. The summed E-state index contributed by atoms with van der Waals surface area (Å²) < 4.78 is 14.1. The molecule has 0 radical (unpaired) electrons. The molecule has 0 amide bonds. The first-order valence-corrected chi connectivity index (χ1v) is 7.93. The second-order valence-electron chi connectivity index (χ2n) is 5.31. The maximum absolute atomic E-state index is 13.5. The van der Waals surface area contributed by atoms with Crippen LogP contribution in [0.2, 0.25) is 0 Å². The number of Topliss-reactive ketones (excluding diaryl/α,β-unsaturated/α-hetero) is 1. The number of hydrogen-bond acceptors (Lipinski definition) is 3. The van der Waals surface area contributed by atoms with Gasteiger partial charge in [-0.1, -0.05) is 13.0 Å². The van der Waals surface area contributed by atoms with E-state index in [-0.39, 0.29) is 29.6 Å². The van der Waals surface area contributed by atoms with Crippen LogP contribution in [-0.2, 0) is 0 Å². The molecule has 0 aliphatic rings. The molecule has 3 nitrogen and oxygen atoms in total. The van der Waals surface area contributed by atoms with Crippen LogP contribution in [0.25, 0.3) is 0 Å². The third-order valence-corrected chi connectivity index (χ3v) is 4.20. The molecule has 0 aliphatic heterocycles. The Morgan fingerprint density at radius 1 is 1.36 bits per heavy atom.